The minimum atomic E-state index is -0.791. The van der Waals surface area contributed by atoms with Crippen LogP contribution in [-0.2, 0) is 11.4 Å². The van der Waals surface area contributed by atoms with E-state index in [-0.39, 0.29) is 27.8 Å². The Balaban J connectivity index is 2.37. The second kappa shape index (κ2) is 6.31. The van der Waals surface area contributed by atoms with Gasteiger partial charge in [0.05, 0.1) is 23.9 Å². The fourth-order valence-electron chi connectivity index (χ4n) is 2.58. The molecule has 0 bridgehead atoms. The molecule has 2 aromatic carbocycles. The van der Waals surface area contributed by atoms with E-state index in [0.717, 1.165) is 12.1 Å². The van der Waals surface area contributed by atoms with Crippen LogP contribution in [0.4, 0.5) is 13.2 Å². The van der Waals surface area contributed by atoms with Gasteiger partial charge in [0.25, 0.3) is 0 Å². The van der Waals surface area contributed by atoms with Crippen molar-refractivity contribution in [2.75, 3.05) is 7.11 Å². The van der Waals surface area contributed by atoms with E-state index >= 15 is 0 Å². The number of halogens is 3. The number of methoxy groups -OCH3 is 1. The smallest absolute Gasteiger partial charge is 0.337 e. The first-order valence-electron chi connectivity index (χ1n) is 7.07. The highest BCUT2D eigenvalue weighted by atomic mass is 19.1. The van der Waals surface area contributed by atoms with Crippen LogP contribution in [0.15, 0.2) is 42.6 Å². The Labute approximate surface area is 135 Å². The van der Waals surface area contributed by atoms with Crippen molar-refractivity contribution in [3.05, 3.63) is 65.4 Å². The summed E-state index contributed by atoms with van der Waals surface area (Å²) >= 11 is 0. The van der Waals surface area contributed by atoms with Crippen molar-refractivity contribution >= 4 is 16.7 Å². The van der Waals surface area contributed by atoms with Crippen LogP contribution in [0.1, 0.15) is 15.9 Å². The number of nitrogens with zero attached hydrogens (tertiary/aromatic N) is 1. The van der Waals surface area contributed by atoms with Crippen LogP contribution in [0.3, 0.4) is 0 Å². The van der Waals surface area contributed by atoms with Gasteiger partial charge in [0.1, 0.15) is 18.3 Å². The topological polar surface area (TPSA) is 39.2 Å². The van der Waals surface area contributed by atoms with Gasteiger partial charge in [0.2, 0.25) is 0 Å². The molecule has 0 amide bonds. The molecule has 0 saturated carbocycles. The summed E-state index contributed by atoms with van der Waals surface area (Å²) in [5.74, 6) is -2.19. The van der Waals surface area contributed by atoms with Gasteiger partial charge in [0.15, 0.2) is 0 Å². The number of fused-ring (bicyclic) bond motifs is 1. The lowest BCUT2D eigenvalue weighted by atomic mass is 9.98. The standard InChI is InChI=1S/C18H12F3NO2/c1-24-18(23)10-5-6-12-11(8-19)9-22-17(13(12)7-10)16-14(20)3-2-4-15(16)21/h2-7,9H,8H2,1H3. The zero-order valence-electron chi connectivity index (χ0n) is 12.6. The van der Waals surface area contributed by atoms with Crippen LogP contribution in [0.5, 0.6) is 0 Å². The number of carbonyl (C=O) groups excluding carboxylic acids is 1. The number of aromatic nitrogens is 1. The highest BCUT2D eigenvalue weighted by Gasteiger charge is 2.18. The minimum Gasteiger partial charge on any atom is -0.465 e. The fourth-order valence-corrected chi connectivity index (χ4v) is 2.58. The van der Waals surface area contributed by atoms with Crippen molar-refractivity contribution in [3.8, 4) is 11.3 Å². The van der Waals surface area contributed by atoms with Gasteiger partial charge in [-0.05, 0) is 29.7 Å². The number of esters is 1. The van der Waals surface area contributed by atoms with Gasteiger partial charge in [-0.15, -0.1) is 0 Å². The van der Waals surface area contributed by atoms with Crippen molar-refractivity contribution in [3.63, 3.8) is 0 Å². The summed E-state index contributed by atoms with van der Waals surface area (Å²) in [6, 6.07) is 7.84. The number of hydrogen-bond donors (Lipinski definition) is 0. The molecule has 0 N–H and O–H groups in total. The predicted octanol–water partition coefficient (Wildman–Crippen LogP) is 4.44. The summed E-state index contributed by atoms with van der Waals surface area (Å²) in [4.78, 5) is 15.8. The van der Waals surface area contributed by atoms with Crippen LogP contribution in [0.2, 0.25) is 0 Å². The molecule has 0 atom stereocenters. The number of benzene rings is 2. The number of carbonyl (C=O) groups is 1. The summed E-state index contributed by atoms with van der Waals surface area (Å²) in [7, 11) is 1.22. The van der Waals surface area contributed by atoms with Crippen molar-refractivity contribution in [2.45, 2.75) is 6.67 Å². The second-order valence-corrected chi connectivity index (χ2v) is 5.11. The summed E-state index contributed by atoms with van der Waals surface area (Å²) in [5.41, 5.74) is 0.126. The Morgan fingerprint density at radius 1 is 1.12 bits per heavy atom. The first kappa shape index (κ1) is 16.0. The molecule has 0 fully saturated rings. The Bertz CT molecular complexity index is 921. The quantitative estimate of drug-likeness (QED) is 0.666. The van der Waals surface area contributed by atoms with Crippen molar-refractivity contribution in [2.24, 2.45) is 0 Å². The normalized spacial score (nSPS) is 10.8. The number of hydrogen-bond acceptors (Lipinski definition) is 3. The highest BCUT2D eigenvalue weighted by Crippen LogP contribution is 2.33. The van der Waals surface area contributed by atoms with E-state index in [2.05, 4.69) is 9.72 Å². The van der Waals surface area contributed by atoms with Gasteiger partial charge in [-0.2, -0.15) is 0 Å². The Hall–Kier alpha value is -2.89. The van der Waals surface area contributed by atoms with Gasteiger partial charge in [0, 0.05) is 17.1 Å². The summed E-state index contributed by atoms with van der Waals surface area (Å²) in [6.07, 6.45) is 1.24. The highest BCUT2D eigenvalue weighted by molar-refractivity contribution is 6.01. The van der Waals surface area contributed by atoms with Gasteiger partial charge in [-0.3, -0.25) is 4.98 Å². The molecule has 1 heterocycles. The van der Waals surface area contributed by atoms with Crippen LogP contribution in [0.25, 0.3) is 22.0 Å². The molecule has 122 valence electrons. The van der Waals surface area contributed by atoms with Gasteiger partial charge < -0.3 is 4.74 Å². The number of pyridine rings is 1. The van der Waals surface area contributed by atoms with Gasteiger partial charge >= 0.3 is 5.97 Å². The van der Waals surface area contributed by atoms with E-state index < -0.39 is 24.3 Å². The zero-order chi connectivity index (χ0) is 17.3. The summed E-state index contributed by atoms with van der Waals surface area (Å²) < 4.78 is 46.1. The molecular weight excluding hydrogens is 319 g/mol. The van der Waals surface area contributed by atoms with E-state index in [0.29, 0.717) is 5.39 Å². The Kier molecular flexibility index (Phi) is 4.20. The number of ether oxygens (including phenoxy) is 1. The zero-order valence-corrected chi connectivity index (χ0v) is 12.6. The van der Waals surface area contributed by atoms with Crippen LogP contribution in [-0.4, -0.2) is 18.1 Å². The third kappa shape index (κ3) is 2.60. The second-order valence-electron chi connectivity index (χ2n) is 5.11. The summed E-state index contributed by atoms with van der Waals surface area (Å²) in [5, 5.41) is 0.704. The van der Waals surface area contributed by atoms with E-state index in [1.165, 1.54) is 37.6 Å². The van der Waals surface area contributed by atoms with E-state index in [9.17, 15) is 18.0 Å². The van der Waals surface area contributed by atoms with Gasteiger partial charge in [-0.25, -0.2) is 18.0 Å². The molecular formula is C18H12F3NO2. The molecule has 0 unspecified atom stereocenters. The van der Waals surface area contributed by atoms with E-state index in [1.807, 2.05) is 0 Å². The monoisotopic (exact) mass is 331 g/mol. The van der Waals surface area contributed by atoms with Crippen molar-refractivity contribution in [1.82, 2.24) is 4.98 Å². The average Bonchev–Trinajstić information content (AvgIpc) is 2.60. The molecule has 0 aliphatic heterocycles. The van der Waals surface area contributed by atoms with Crippen molar-refractivity contribution < 1.29 is 22.7 Å². The average molecular weight is 331 g/mol. The summed E-state index contributed by atoms with van der Waals surface area (Å²) in [6.45, 7) is -0.791. The maximum Gasteiger partial charge on any atom is 0.337 e. The largest absolute Gasteiger partial charge is 0.465 e. The Morgan fingerprint density at radius 3 is 2.46 bits per heavy atom. The van der Waals surface area contributed by atoms with Crippen LogP contribution >= 0.6 is 0 Å². The molecule has 3 rings (SSSR count). The maximum absolute atomic E-state index is 14.1. The lowest BCUT2D eigenvalue weighted by Crippen LogP contribution is -2.02. The third-order valence-corrected chi connectivity index (χ3v) is 3.73. The predicted molar refractivity (Wildman–Crippen MR) is 83.2 cm³/mol. The molecule has 0 spiro atoms. The van der Waals surface area contributed by atoms with E-state index in [1.54, 1.807) is 0 Å². The van der Waals surface area contributed by atoms with Crippen molar-refractivity contribution in [1.29, 1.82) is 0 Å². The van der Waals surface area contributed by atoms with Crippen LogP contribution < -0.4 is 0 Å². The maximum atomic E-state index is 14.1. The lowest BCUT2D eigenvalue weighted by molar-refractivity contribution is 0.0601. The molecule has 0 aliphatic rings. The lowest BCUT2D eigenvalue weighted by Gasteiger charge is -2.11. The molecule has 24 heavy (non-hydrogen) atoms. The molecule has 6 heteroatoms. The first-order valence-corrected chi connectivity index (χ1v) is 7.07. The minimum absolute atomic E-state index is 0.00329. The molecule has 3 nitrogen and oxygen atoms in total. The SMILES string of the molecule is COC(=O)c1ccc2c(CF)cnc(-c3c(F)cccc3F)c2c1. The third-order valence-electron chi connectivity index (χ3n) is 3.73. The molecule has 0 aliphatic carbocycles. The number of alkyl halides is 1. The molecule has 0 radical (unpaired) electrons. The molecule has 1 aromatic heterocycles. The first-order chi connectivity index (χ1) is 11.6. The van der Waals surface area contributed by atoms with Crippen LogP contribution in [0, 0.1) is 11.6 Å². The van der Waals surface area contributed by atoms with E-state index in [4.69, 9.17) is 0 Å². The number of rotatable bonds is 3. The molecule has 3 aromatic rings. The Morgan fingerprint density at radius 2 is 1.83 bits per heavy atom. The molecule has 0 saturated heterocycles. The fraction of sp³-hybridized carbons (Fsp3) is 0.111. The van der Waals surface area contributed by atoms with Gasteiger partial charge in [-0.1, -0.05) is 12.1 Å².